The molecule has 0 spiro atoms. The van der Waals surface area contributed by atoms with E-state index in [9.17, 15) is 4.79 Å². The Kier molecular flexibility index (Phi) is 1.70. The molecule has 1 unspecified atom stereocenters. The maximum absolute atomic E-state index is 11.3. The van der Waals surface area contributed by atoms with Gasteiger partial charge >= 0.3 is 0 Å². The van der Waals surface area contributed by atoms with Gasteiger partial charge in [0.1, 0.15) is 5.78 Å². The van der Waals surface area contributed by atoms with E-state index in [0.29, 0.717) is 24.8 Å². The van der Waals surface area contributed by atoms with E-state index in [4.69, 9.17) is 0 Å². The lowest BCUT2D eigenvalue weighted by molar-refractivity contribution is -0.123. The molecule has 0 aromatic carbocycles. The van der Waals surface area contributed by atoms with Crippen molar-refractivity contribution in [3.8, 4) is 0 Å². The number of fused-ring (bicyclic) bond motifs is 3. The molecule has 2 aliphatic heterocycles. The first-order chi connectivity index (χ1) is 6.84. The van der Waals surface area contributed by atoms with Crippen LogP contribution in [0.4, 0.5) is 0 Å². The number of nitrogens with one attached hydrogen (secondary N) is 1. The van der Waals surface area contributed by atoms with Gasteiger partial charge in [0.2, 0.25) is 0 Å². The molecule has 74 valence electrons. The number of H-pyrrole nitrogens is 1. The largest absolute Gasteiger partial charge is 0.348 e. The number of carbonyl (C=O) groups excluding carboxylic acids is 1. The van der Waals surface area contributed by atoms with E-state index >= 15 is 0 Å². The molecule has 0 saturated carbocycles. The first kappa shape index (κ1) is 8.17. The van der Waals surface area contributed by atoms with Gasteiger partial charge in [-0.15, -0.1) is 0 Å². The van der Waals surface area contributed by atoms with E-state index in [0.717, 1.165) is 19.4 Å². The number of hydrogen-bond acceptors (Lipinski definition) is 3. The van der Waals surface area contributed by atoms with Crippen LogP contribution < -0.4 is 0 Å². The zero-order valence-corrected chi connectivity index (χ0v) is 7.99. The van der Waals surface area contributed by atoms with Gasteiger partial charge in [0.15, 0.2) is 0 Å². The van der Waals surface area contributed by atoms with Crippen LogP contribution in [0, 0.1) is 0 Å². The van der Waals surface area contributed by atoms with Crippen molar-refractivity contribution in [2.24, 2.45) is 0 Å². The second-order valence-corrected chi connectivity index (χ2v) is 4.08. The van der Waals surface area contributed by atoms with Gasteiger partial charge in [-0.1, -0.05) is 0 Å². The number of ketones is 1. The highest BCUT2D eigenvalue weighted by Gasteiger charge is 2.33. The van der Waals surface area contributed by atoms with Crippen molar-refractivity contribution in [3.63, 3.8) is 0 Å². The minimum Gasteiger partial charge on any atom is -0.348 e. The molecule has 1 aromatic rings. The fourth-order valence-corrected chi connectivity index (χ4v) is 2.51. The number of aromatic amines is 1. The lowest BCUT2D eigenvalue weighted by atomic mass is 9.93. The third kappa shape index (κ3) is 1.10. The fourth-order valence-electron chi connectivity index (χ4n) is 2.51. The van der Waals surface area contributed by atoms with Crippen LogP contribution in [0.3, 0.4) is 0 Å². The Bertz CT molecular complexity index is 371. The van der Waals surface area contributed by atoms with Gasteiger partial charge in [-0.05, 0) is 6.42 Å². The molecule has 1 fully saturated rings. The summed E-state index contributed by atoms with van der Waals surface area (Å²) in [6, 6.07) is 0.391. The van der Waals surface area contributed by atoms with Crippen LogP contribution in [-0.2, 0) is 11.2 Å². The Hall–Kier alpha value is -1.16. The average molecular weight is 191 g/mol. The summed E-state index contributed by atoms with van der Waals surface area (Å²) in [4.78, 5) is 21.1. The molecular formula is C10H13N3O. The molecular weight excluding hydrogens is 178 g/mol. The maximum atomic E-state index is 11.3. The molecule has 3 heterocycles. The Morgan fingerprint density at radius 1 is 1.50 bits per heavy atom. The fraction of sp³-hybridized carbons (Fsp3) is 0.600. The number of carbonyl (C=O) groups is 1. The number of aromatic nitrogens is 2. The van der Waals surface area contributed by atoms with Crippen LogP contribution in [0.2, 0.25) is 0 Å². The minimum absolute atomic E-state index is 0.375. The third-order valence-electron chi connectivity index (χ3n) is 3.23. The van der Waals surface area contributed by atoms with Crippen molar-refractivity contribution < 1.29 is 4.79 Å². The number of nitrogens with zero attached hydrogens (tertiary/aromatic N) is 2. The summed E-state index contributed by atoms with van der Waals surface area (Å²) < 4.78 is 0. The molecule has 1 N–H and O–H groups in total. The first-order valence-electron chi connectivity index (χ1n) is 5.12. The van der Waals surface area contributed by atoms with Crippen molar-refractivity contribution in [1.29, 1.82) is 0 Å². The molecule has 3 rings (SSSR count). The maximum Gasteiger partial charge on any atom is 0.146 e. The minimum atomic E-state index is 0.375. The van der Waals surface area contributed by atoms with Gasteiger partial charge in [0.05, 0.1) is 24.6 Å². The van der Waals surface area contributed by atoms with Crippen molar-refractivity contribution in [2.45, 2.75) is 25.3 Å². The Morgan fingerprint density at radius 2 is 2.43 bits per heavy atom. The molecule has 4 nitrogen and oxygen atoms in total. The highest BCUT2D eigenvalue weighted by molar-refractivity contribution is 5.81. The van der Waals surface area contributed by atoms with Gasteiger partial charge < -0.3 is 4.98 Å². The van der Waals surface area contributed by atoms with Crippen molar-refractivity contribution in [3.05, 3.63) is 17.7 Å². The molecule has 1 aromatic heterocycles. The lowest BCUT2D eigenvalue weighted by Gasteiger charge is -2.37. The zero-order chi connectivity index (χ0) is 9.54. The van der Waals surface area contributed by atoms with E-state index in [2.05, 4.69) is 14.9 Å². The predicted molar refractivity (Wildman–Crippen MR) is 50.8 cm³/mol. The molecule has 1 atom stereocenters. The number of rotatable bonds is 0. The van der Waals surface area contributed by atoms with Gasteiger partial charge in [-0.25, -0.2) is 4.98 Å². The smallest absolute Gasteiger partial charge is 0.146 e. The molecule has 0 amide bonds. The molecule has 0 bridgehead atoms. The van der Waals surface area contributed by atoms with Crippen molar-refractivity contribution >= 4 is 5.78 Å². The molecule has 0 radical (unpaired) electrons. The van der Waals surface area contributed by atoms with Gasteiger partial charge in [0, 0.05) is 25.1 Å². The third-order valence-corrected chi connectivity index (χ3v) is 3.23. The van der Waals surface area contributed by atoms with Crippen molar-refractivity contribution in [2.75, 3.05) is 13.1 Å². The molecule has 0 aliphatic carbocycles. The highest BCUT2D eigenvalue weighted by Crippen LogP contribution is 2.33. The van der Waals surface area contributed by atoms with Gasteiger partial charge in [0.25, 0.3) is 0 Å². The van der Waals surface area contributed by atoms with E-state index in [-0.39, 0.29) is 0 Å². The predicted octanol–water partition coefficient (Wildman–Crippen LogP) is 0.672. The monoisotopic (exact) mass is 191 g/mol. The summed E-state index contributed by atoms with van der Waals surface area (Å²) >= 11 is 0. The quantitative estimate of drug-likeness (QED) is 0.655. The first-order valence-corrected chi connectivity index (χ1v) is 5.12. The van der Waals surface area contributed by atoms with Gasteiger partial charge in [-0.3, -0.25) is 9.69 Å². The number of imidazole rings is 1. The number of hydrogen-bond donors (Lipinski definition) is 1. The Labute approximate surface area is 82.3 Å². The number of Topliss-reactive ketones (excluding diaryl/α,β-unsaturated/α-hetero) is 1. The van der Waals surface area contributed by atoms with E-state index < -0.39 is 0 Å². The van der Waals surface area contributed by atoms with E-state index in [1.807, 2.05) is 0 Å². The molecule has 4 heteroatoms. The lowest BCUT2D eigenvalue weighted by Crippen LogP contribution is -2.42. The van der Waals surface area contributed by atoms with Crippen LogP contribution in [0.15, 0.2) is 6.33 Å². The van der Waals surface area contributed by atoms with E-state index in [1.165, 1.54) is 11.4 Å². The summed E-state index contributed by atoms with van der Waals surface area (Å²) in [5, 5.41) is 0. The average Bonchev–Trinajstić information content (AvgIpc) is 2.65. The summed E-state index contributed by atoms with van der Waals surface area (Å²) in [6.45, 7) is 1.61. The van der Waals surface area contributed by atoms with Crippen LogP contribution >= 0.6 is 0 Å². The summed E-state index contributed by atoms with van der Waals surface area (Å²) in [5.41, 5.74) is 2.43. The summed E-state index contributed by atoms with van der Waals surface area (Å²) in [7, 11) is 0. The van der Waals surface area contributed by atoms with E-state index in [1.54, 1.807) is 6.33 Å². The van der Waals surface area contributed by atoms with Crippen LogP contribution in [0.5, 0.6) is 0 Å². The zero-order valence-electron chi connectivity index (χ0n) is 7.99. The number of piperidine rings is 1. The van der Waals surface area contributed by atoms with Crippen LogP contribution in [0.25, 0.3) is 0 Å². The summed E-state index contributed by atoms with van der Waals surface area (Å²) in [5.74, 6) is 0.375. The van der Waals surface area contributed by atoms with Gasteiger partial charge in [-0.2, -0.15) is 0 Å². The highest BCUT2D eigenvalue weighted by atomic mass is 16.1. The Morgan fingerprint density at radius 3 is 3.36 bits per heavy atom. The standard InChI is InChI=1S/C10H13N3O/c14-7-1-2-9-10-8(11-6-12-10)3-4-13(9)5-7/h6,9H,1-5H2,(H,11,12). The van der Waals surface area contributed by atoms with Crippen LogP contribution in [-0.4, -0.2) is 33.7 Å². The molecule has 2 aliphatic rings. The molecule has 14 heavy (non-hydrogen) atoms. The molecule has 1 saturated heterocycles. The SMILES string of the molecule is O=C1CCC2c3nc[nH]c3CCN2C1. The van der Waals surface area contributed by atoms with Crippen molar-refractivity contribution in [1.82, 2.24) is 14.9 Å². The summed E-state index contributed by atoms with van der Waals surface area (Å²) in [6.07, 6.45) is 4.42. The topological polar surface area (TPSA) is 49.0 Å². The second kappa shape index (κ2) is 2.92. The second-order valence-electron chi connectivity index (χ2n) is 4.08. The Balaban J connectivity index is 1.94. The van der Waals surface area contributed by atoms with Crippen LogP contribution in [0.1, 0.15) is 30.3 Å². The normalized spacial score (nSPS) is 27.1.